The van der Waals surface area contributed by atoms with Crippen LogP contribution in [0.2, 0.25) is 0 Å². The summed E-state index contributed by atoms with van der Waals surface area (Å²) < 4.78 is 5.53. The van der Waals surface area contributed by atoms with Gasteiger partial charge in [-0.2, -0.15) is 0 Å². The first-order chi connectivity index (χ1) is 15.6. The van der Waals surface area contributed by atoms with Crippen molar-refractivity contribution in [3.63, 3.8) is 0 Å². The molecule has 0 aliphatic carbocycles. The van der Waals surface area contributed by atoms with Gasteiger partial charge in [0.15, 0.2) is 0 Å². The van der Waals surface area contributed by atoms with Gasteiger partial charge in [-0.3, -0.25) is 9.69 Å². The molecule has 1 amide bonds. The number of rotatable bonds is 7. The topological polar surface area (TPSA) is 29.5 Å². The van der Waals surface area contributed by atoms with Crippen LogP contribution < -0.4 is 9.64 Å². The summed E-state index contributed by atoms with van der Waals surface area (Å²) in [6.45, 7) is 7.01. The van der Waals surface area contributed by atoms with Crippen LogP contribution in [0, 0.1) is 0 Å². The molecule has 1 aliphatic rings. The van der Waals surface area contributed by atoms with Crippen LogP contribution in [0.1, 0.15) is 49.8 Å². The summed E-state index contributed by atoms with van der Waals surface area (Å²) in [6, 6.07) is 26.3. The zero-order valence-electron chi connectivity index (χ0n) is 18.9. The van der Waals surface area contributed by atoms with Crippen LogP contribution in [0.3, 0.4) is 0 Å². The molecule has 3 aromatic carbocycles. The van der Waals surface area contributed by atoms with E-state index in [-0.39, 0.29) is 5.91 Å². The molecule has 0 radical (unpaired) electrons. The summed E-state index contributed by atoms with van der Waals surface area (Å²) in [7, 11) is 0. The second kappa shape index (κ2) is 9.69. The Labute approximate surface area is 190 Å². The molecule has 32 heavy (non-hydrogen) atoms. The number of nitrogens with zero attached hydrogens (tertiary/aromatic N) is 1. The van der Waals surface area contributed by atoms with E-state index in [0.29, 0.717) is 18.1 Å². The Bertz CT molecular complexity index is 1130. The molecular weight excluding hydrogens is 394 g/mol. The molecule has 0 bridgehead atoms. The van der Waals surface area contributed by atoms with Gasteiger partial charge in [0.2, 0.25) is 0 Å². The van der Waals surface area contributed by atoms with Crippen LogP contribution >= 0.6 is 0 Å². The van der Waals surface area contributed by atoms with Gasteiger partial charge in [-0.05, 0) is 72.4 Å². The van der Waals surface area contributed by atoms with E-state index in [2.05, 4.69) is 38.1 Å². The number of hydrogen-bond acceptors (Lipinski definition) is 2. The van der Waals surface area contributed by atoms with Gasteiger partial charge in [0, 0.05) is 11.3 Å². The molecule has 0 saturated carbocycles. The van der Waals surface area contributed by atoms with E-state index in [1.54, 1.807) is 0 Å². The molecule has 0 unspecified atom stereocenters. The van der Waals surface area contributed by atoms with Crippen molar-refractivity contribution >= 4 is 23.4 Å². The van der Waals surface area contributed by atoms with Gasteiger partial charge in [-0.15, -0.1) is 0 Å². The molecule has 0 fully saturated rings. The third-order valence-electron chi connectivity index (χ3n) is 5.90. The fourth-order valence-electron chi connectivity index (χ4n) is 3.89. The molecular formula is C29H29NO2. The average molecular weight is 424 g/mol. The molecule has 0 spiro atoms. The highest BCUT2D eigenvalue weighted by Gasteiger charge is 2.30. The highest BCUT2D eigenvalue weighted by molar-refractivity contribution is 6.23. The number of carbonyl (C=O) groups is 1. The molecule has 0 aromatic heterocycles. The molecule has 0 N–H and O–H groups in total. The van der Waals surface area contributed by atoms with Crippen molar-refractivity contribution in [2.45, 2.75) is 33.1 Å². The molecule has 1 atom stereocenters. The van der Waals surface area contributed by atoms with Gasteiger partial charge in [0.1, 0.15) is 5.75 Å². The lowest BCUT2D eigenvalue weighted by Gasteiger charge is -2.21. The monoisotopic (exact) mass is 423 g/mol. The number of anilines is 1. The van der Waals surface area contributed by atoms with Crippen molar-refractivity contribution in [3.8, 4) is 5.75 Å². The standard InChI is InChI=1S/C29H29NO2/c1-4-21(3)23-13-15-26(16-14-23)30-28(24-9-7-6-8-10-24)20-25(29(30)31)19-22-11-17-27(18-12-22)32-5-2/h6-21H,4-5H2,1-3H3/b25-19+/t21-/m1/s1. The molecule has 3 heteroatoms. The minimum atomic E-state index is -0.0194. The first kappa shape index (κ1) is 21.6. The summed E-state index contributed by atoms with van der Waals surface area (Å²) in [6.07, 6.45) is 5.01. The maximum Gasteiger partial charge on any atom is 0.262 e. The number of ether oxygens (including phenoxy) is 1. The second-order valence-electron chi connectivity index (χ2n) is 8.04. The number of amides is 1. The van der Waals surface area contributed by atoms with Crippen molar-refractivity contribution in [1.82, 2.24) is 0 Å². The van der Waals surface area contributed by atoms with E-state index < -0.39 is 0 Å². The lowest BCUT2D eigenvalue weighted by atomic mass is 9.98. The Balaban J connectivity index is 1.71. The smallest absolute Gasteiger partial charge is 0.262 e. The summed E-state index contributed by atoms with van der Waals surface area (Å²) in [5, 5.41) is 0. The van der Waals surface area contributed by atoms with Crippen molar-refractivity contribution in [3.05, 3.63) is 107 Å². The van der Waals surface area contributed by atoms with Crippen LogP contribution in [-0.4, -0.2) is 12.5 Å². The Morgan fingerprint density at radius 1 is 0.906 bits per heavy atom. The van der Waals surface area contributed by atoms with E-state index in [1.807, 2.05) is 78.6 Å². The summed E-state index contributed by atoms with van der Waals surface area (Å²) >= 11 is 0. The Kier molecular flexibility index (Phi) is 6.55. The van der Waals surface area contributed by atoms with Gasteiger partial charge in [-0.25, -0.2) is 0 Å². The van der Waals surface area contributed by atoms with E-state index in [0.717, 1.165) is 34.7 Å². The fourth-order valence-corrected chi connectivity index (χ4v) is 3.89. The van der Waals surface area contributed by atoms with Gasteiger partial charge < -0.3 is 4.74 Å². The quantitative estimate of drug-likeness (QED) is 0.380. The summed E-state index contributed by atoms with van der Waals surface area (Å²) in [5.41, 5.74) is 5.71. The van der Waals surface area contributed by atoms with Crippen molar-refractivity contribution in [2.75, 3.05) is 11.5 Å². The highest BCUT2D eigenvalue weighted by atomic mass is 16.5. The molecule has 1 heterocycles. The minimum absolute atomic E-state index is 0.0194. The SMILES string of the molecule is CCOc1ccc(/C=C2\C=C(c3ccccc3)N(c3ccc([C@H](C)CC)cc3)C2=O)cc1. The van der Waals surface area contributed by atoms with Crippen LogP contribution in [0.4, 0.5) is 5.69 Å². The zero-order chi connectivity index (χ0) is 22.5. The van der Waals surface area contributed by atoms with Crippen molar-refractivity contribution in [1.29, 1.82) is 0 Å². The largest absolute Gasteiger partial charge is 0.494 e. The molecule has 4 rings (SSSR count). The molecule has 1 aliphatic heterocycles. The first-order valence-corrected chi connectivity index (χ1v) is 11.3. The molecule has 162 valence electrons. The molecule has 0 saturated heterocycles. The first-order valence-electron chi connectivity index (χ1n) is 11.3. The predicted molar refractivity (Wildman–Crippen MR) is 133 cm³/mol. The van der Waals surface area contributed by atoms with E-state index in [9.17, 15) is 4.79 Å². The Morgan fingerprint density at radius 3 is 2.22 bits per heavy atom. The van der Waals surface area contributed by atoms with Crippen LogP contribution in [0.15, 0.2) is 90.5 Å². The summed E-state index contributed by atoms with van der Waals surface area (Å²) in [5.74, 6) is 1.31. The van der Waals surface area contributed by atoms with Crippen LogP contribution in [0.25, 0.3) is 11.8 Å². The van der Waals surface area contributed by atoms with Crippen LogP contribution in [-0.2, 0) is 4.79 Å². The zero-order valence-corrected chi connectivity index (χ0v) is 18.9. The minimum Gasteiger partial charge on any atom is -0.494 e. The number of carbonyl (C=O) groups excluding carboxylic acids is 1. The lowest BCUT2D eigenvalue weighted by molar-refractivity contribution is -0.113. The maximum atomic E-state index is 13.5. The van der Waals surface area contributed by atoms with Gasteiger partial charge >= 0.3 is 0 Å². The molecule has 3 aromatic rings. The Hall–Kier alpha value is -3.59. The van der Waals surface area contributed by atoms with Gasteiger partial charge in [0.25, 0.3) is 5.91 Å². The van der Waals surface area contributed by atoms with E-state index in [4.69, 9.17) is 4.74 Å². The average Bonchev–Trinajstić information content (AvgIpc) is 3.16. The van der Waals surface area contributed by atoms with Gasteiger partial charge in [-0.1, -0.05) is 68.4 Å². The van der Waals surface area contributed by atoms with Crippen LogP contribution in [0.5, 0.6) is 5.75 Å². The normalized spacial score (nSPS) is 15.7. The lowest BCUT2D eigenvalue weighted by Crippen LogP contribution is -2.24. The third-order valence-corrected chi connectivity index (χ3v) is 5.90. The van der Waals surface area contributed by atoms with Crippen molar-refractivity contribution < 1.29 is 9.53 Å². The predicted octanol–water partition coefficient (Wildman–Crippen LogP) is 7.07. The maximum absolute atomic E-state index is 13.5. The third kappa shape index (κ3) is 4.52. The number of hydrogen-bond donors (Lipinski definition) is 0. The van der Waals surface area contributed by atoms with Crippen molar-refractivity contribution in [2.24, 2.45) is 0 Å². The van der Waals surface area contributed by atoms with E-state index in [1.165, 1.54) is 5.56 Å². The van der Waals surface area contributed by atoms with E-state index >= 15 is 0 Å². The summed E-state index contributed by atoms with van der Waals surface area (Å²) in [4.78, 5) is 15.3. The Morgan fingerprint density at radius 2 is 1.59 bits per heavy atom. The fraction of sp³-hybridized carbons (Fsp3) is 0.207. The van der Waals surface area contributed by atoms with Gasteiger partial charge in [0.05, 0.1) is 12.3 Å². The number of benzene rings is 3. The second-order valence-corrected chi connectivity index (χ2v) is 8.04. The highest BCUT2D eigenvalue weighted by Crippen LogP contribution is 2.36. The molecule has 3 nitrogen and oxygen atoms in total.